The number of carboxylic acids is 1. The Labute approximate surface area is 197 Å². The van der Waals surface area contributed by atoms with Crippen LogP contribution in [0.1, 0.15) is 27.0 Å². The molecule has 0 aliphatic rings. The van der Waals surface area contributed by atoms with E-state index < -0.39 is 11.9 Å². The maximum absolute atomic E-state index is 12.3. The van der Waals surface area contributed by atoms with Gasteiger partial charge in [0.25, 0.3) is 5.91 Å². The second kappa shape index (κ2) is 10.4. The molecule has 0 aliphatic heterocycles. The minimum absolute atomic E-state index is 0.235. The van der Waals surface area contributed by atoms with Gasteiger partial charge in [0.05, 0.1) is 8.95 Å². The Hall–Kier alpha value is -2.90. The first-order chi connectivity index (χ1) is 14.8. The lowest BCUT2D eigenvalue weighted by atomic mass is 10.1. The fourth-order valence-electron chi connectivity index (χ4n) is 2.86. The highest BCUT2D eigenvalue weighted by Gasteiger charge is 2.15. The van der Waals surface area contributed by atoms with Crippen molar-refractivity contribution in [2.75, 3.05) is 0 Å². The molecule has 0 saturated heterocycles. The van der Waals surface area contributed by atoms with Crippen molar-refractivity contribution >= 4 is 49.8 Å². The minimum atomic E-state index is -1.24. The van der Waals surface area contributed by atoms with Crippen LogP contribution in [0.4, 0.5) is 0 Å². The Morgan fingerprint density at radius 2 is 1.68 bits per heavy atom. The number of benzene rings is 3. The van der Waals surface area contributed by atoms with Gasteiger partial charge < -0.3 is 15.2 Å². The van der Waals surface area contributed by atoms with Crippen molar-refractivity contribution in [1.29, 1.82) is 0 Å². The van der Waals surface area contributed by atoms with Gasteiger partial charge in [0, 0.05) is 5.56 Å². The van der Waals surface area contributed by atoms with Crippen LogP contribution in [0, 0.1) is 6.92 Å². The SMILES string of the molecule is Cc1cccc(COc2c(Br)cc(C=C(NC(=O)c3ccccc3)C(=O)O)cc2Br)c1. The summed E-state index contributed by atoms with van der Waals surface area (Å²) in [7, 11) is 0. The zero-order valence-electron chi connectivity index (χ0n) is 16.6. The molecule has 3 rings (SSSR count). The second-order valence-corrected chi connectivity index (χ2v) is 8.48. The van der Waals surface area contributed by atoms with Crippen molar-refractivity contribution in [2.45, 2.75) is 13.5 Å². The molecular weight excluding hydrogens is 526 g/mol. The van der Waals surface area contributed by atoms with Crippen molar-refractivity contribution in [3.8, 4) is 5.75 Å². The number of amides is 1. The molecule has 0 radical (unpaired) electrons. The van der Waals surface area contributed by atoms with Gasteiger partial charge in [-0.15, -0.1) is 0 Å². The van der Waals surface area contributed by atoms with Crippen LogP contribution in [0.15, 0.2) is 81.4 Å². The molecule has 0 spiro atoms. The van der Waals surface area contributed by atoms with Crippen molar-refractivity contribution in [3.05, 3.63) is 104 Å². The Bertz CT molecular complexity index is 1120. The topological polar surface area (TPSA) is 75.6 Å². The molecule has 0 aliphatic carbocycles. The molecule has 0 bridgehead atoms. The third kappa shape index (κ3) is 6.29. The summed E-state index contributed by atoms with van der Waals surface area (Å²) in [4.78, 5) is 24.0. The van der Waals surface area contributed by atoms with Gasteiger partial charge in [0.1, 0.15) is 18.1 Å². The maximum atomic E-state index is 12.3. The summed E-state index contributed by atoms with van der Waals surface area (Å²) in [5.74, 6) is -1.13. The number of carbonyl (C=O) groups excluding carboxylic acids is 1. The van der Waals surface area contributed by atoms with Crippen molar-refractivity contribution in [1.82, 2.24) is 5.32 Å². The van der Waals surface area contributed by atoms with Crippen molar-refractivity contribution in [3.63, 3.8) is 0 Å². The summed E-state index contributed by atoms with van der Waals surface area (Å²) in [5, 5.41) is 12.0. The molecule has 158 valence electrons. The number of aliphatic carboxylic acids is 1. The minimum Gasteiger partial charge on any atom is -0.487 e. The van der Waals surface area contributed by atoms with Crippen LogP contribution in [0.25, 0.3) is 6.08 Å². The molecule has 31 heavy (non-hydrogen) atoms. The molecule has 7 heteroatoms. The van der Waals surface area contributed by atoms with E-state index in [2.05, 4.69) is 37.2 Å². The normalized spacial score (nSPS) is 11.1. The zero-order valence-corrected chi connectivity index (χ0v) is 19.7. The number of hydrogen-bond acceptors (Lipinski definition) is 3. The Balaban J connectivity index is 1.80. The van der Waals surface area contributed by atoms with Crippen molar-refractivity contribution in [2.24, 2.45) is 0 Å². The molecule has 2 N–H and O–H groups in total. The molecule has 5 nitrogen and oxygen atoms in total. The average molecular weight is 545 g/mol. The first-order valence-corrected chi connectivity index (χ1v) is 10.9. The first-order valence-electron chi connectivity index (χ1n) is 9.32. The second-order valence-electron chi connectivity index (χ2n) is 6.77. The number of aryl methyl sites for hydroxylation is 1. The number of hydrogen-bond donors (Lipinski definition) is 2. The van der Waals surface area contributed by atoms with E-state index in [1.165, 1.54) is 6.08 Å². The van der Waals surface area contributed by atoms with Gasteiger partial charge in [0.2, 0.25) is 0 Å². The average Bonchev–Trinajstić information content (AvgIpc) is 2.73. The molecule has 0 aromatic heterocycles. The summed E-state index contributed by atoms with van der Waals surface area (Å²) in [6, 6.07) is 19.9. The molecule has 0 saturated carbocycles. The third-order valence-electron chi connectivity index (χ3n) is 4.31. The van der Waals surface area contributed by atoms with E-state index >= 15 is 0 Å². The molecule has 3 aromatic rings. The number of halogens is 2. The standard InChI is InChI=1S/C24H19Br2NO4/c1-15-6-5-7-16(10-15)14-31-22-19(25)11-17(12-20(22)26)13-21(24(29)30)27-23(28)18-8-3-2-4-9-18/h2-13H,14H2,1H3,(H,27,28)(H,29,30). The Morgan fingerprint density at radius 1 is 1.00 bits per heavy atom. The van der Waals surface area contributed by atoms with Crippen molar-refractivity contribution < 1.29 is 19.4 Å². The summed E-state index contributed by atoms with van der Waals surface area (Å²) in [5.41, 5.74) is 2.91. The van der Waals surface area contributed by atoms with E-state index in [0.717, 1.165) is 11.1 Å². The highest BCUT2D eigenvalue weighted by molar-refractivity contribution is 9.11. The molecule has 3 aromatic carbocycles. The number of nitrogens with one attached hydrogen (secondary N) is 1. The van der Waals surface area contributed by atoms with Crippen LogP contribution >= 0.6 is 31.9 Å². The molecule has 0 atom stereocenters. The summed E-state index contributed by atoms with van der Waals surface area (Å²) >= 11 is 6.96. The van der Waals surface area contributed by atoms with Gasteiger partial charge in [-0.2, -0.15) is 0 Å². The quantitative estimate of drug-likeness (QED) is 0.360. The van der Waals surface area contributed by atoms with Crippen LogP contribution in [-0.2, 0) is 11.4 Å². The molecular formula is C24H19Br2NO4. The van der Waals surface area contributed by atoms with E-state index in [4.69, 9.17) is 4.74 Å². The fraction of sp³-hybridized carbons (Fsp3) is 0.0833. The van der Waals surface area contributed by atoms with Gasteiger partial charge in [-0.1, -0.05) is 48.0 Å². The van der Waals surface area contributed by atoms with Gasteiger partial charge in [-0.25, -0.2) is 4.79 Å². The highest BCUT2D eigenvalue weighted by atomic mass is 79.9. The predicted molar refractivity (Wildman–Crippen MR) is 127 cm³/mol. The Morgan fingerprint density at radius 3 is 2.29 bits per heavy atom. The van der Waals surface area contributed by atoms with E-state index in [1.54, 1.807) is 42.5 Å². The van der Waals surface area contributed by atoms with E-state index in [-0.39, 0.29) is 5.70 Å². The number of carboxylic acid groups (broad SMARTS) is 1. The lowest BCUT2D eigenvalue weighted by molar-refractivity contribution is -0.132. The van der Waals surface area contributed by atoms with E-state index in [1.807, 2.05) is 31.2 Å². The van der Waals surface area contributed by atoms with E-state index in [9.17, 15) is 14.7 Å². The van der Waals surface area contributed by atoms with Gasteiger partial charge in [-0.3, -0.25) is 4.79 Å². The maximum Gasteiger partial charge on any atom is 0.352 e. The van der Waals surface area contributed by atoms with Gasteiger partial charge >= 0.3 is 5.97 Å². The molecule has 0 unspecified atom stereocenters. The van der Waals surface area contributed by atoms with Gasteiger partial charge in [-0.05, 0) is 80.3 Å². The molecule has 0 heterocycles. The smallest absolute Gasteiger partial charge is 0.352 e. The summed E-state index contributed by atoms with van der Waals surface area (Å²) in [6.45, 7) is 2.41. The monoisotopic (exact) mass is 543 g/mol. The van der Waals surface area contributed by atoms with Crippen LogP contribution in [-0.4, -0.2) is 17.0 Å². The zero-order chi connectivity index (χ0) is 22.4. The number of carbonyl (C=O) groups is 2. The summed E-state index contributed by atoms with van der Waals surface area (Å²) in [6.07, 6.45) is 1.39. The lowest BCUT2D eigenvalue weighted by Gasteiger charge is -2.12. The first kappa shape index (κ1) is 22.8. The van der Waals surface area contributed by atoms with Crippen LogP contribution in [0.2, 0.25) is 0 Å². The molecule has 0 fully saturated rings. The third-order valence-corrected chi connectivity index (χ3v) is 5.49. The van der Waals surface area contributed by atoms with E-state index in [0.29, 0.717) is 32.4 Å². The van der Waals surface area contributed by atoms with Crippen LogP contribution < -0.4 is 10.1 Å². The lowest BCUT2D eigenvalue weighted by Crippen LogP contribution is -2.27. The molecule has 1 amide bonds. The fourth-order valence-corrected chi connectivity index (χ4v) is 4.31. The number of ether oxygens (including phenoxy) is 1. The Kier molecular flexibility index (Phi) is 7.65. The summed E-state index contributed by atoms with van der Waals surface area (Å²) < 4.78 is 7.24. The highest BCUT2D eigenvalue weighted by Crippen LogP contribution is 2.36. The predicted octanol–water partition coefficient (Wildman–Crippen LogP) is 5.95. The van der Waals surface area contributed by atoms with Crippen LogP contribution in [0.5, 0.6) is 5.75 Å². The number of rotatable bonds is 7. The largest absolute Gasteiger partial charge is 0.487 e. The van der Waals surface area contributed by atoms with Crippen LogP contribution in [0.3, 0.4) is 0 Å². The van der Waals surface area contributed by atoms with Gasteiger partial charge in [0.15, 0.2) is 0 Å².